The average Bonchev–Trinajstić information content (AvgIpc) is 2.79. The van der Waals surface area contributed by atoms with Gasteiger partial charge in [-0.1, -0.05) is 0 Å². The number of aliphatic hydroxyl groups excluding tert-OH is 1. The van der Waals surface area contributed by atoms with Crippen LogP contribution in [0.5, 0.6) is 0 Å². The zero-order chi connectivity index (χ0) is 17.2. The summed E-state index contributed by atoms with van der Waals surface area (Å²) in [5.41, 5.74) is 6.67. The van der Waals surface area contributed by atoms with Crippen LogP contribution in [0.3, 0.4) is 0 Å². The van der Waals surface area contributed by atoms with Crippen molar-refractivity contribution in [3.8, 4) is 0 Å². The molecule has 2 aromatic rings. The van der Waals surface area contributed by atoms with Crippen LogP contribution >= 0.6 is 7.60 Å². The molecule has 0 aromatic carbocycles. The van der Waals surface area contributed by atoms with Gasteiger partial charge in [0.2, 0.25) is 5.95 Å². The van der Waals surface area contributed by atoms with Crippen molar-refractivity contribution >= 4 is 30.5 Å². The van der Waals surface area contributed by atoms with E-state index in [0.717, 1.165) is 0 Å². The predicted molar refractivity (Wildman–Crippen MR) is 82.9 cm³/mol. The number of imidazole rings is 1. The fraction of sp³-hybridized carbons (Fsp3) is 0.545. The summed E-state index contributed by atoms with van der Waals surface area (Å²) in [7, 11) is -0.658. The molecule has 5 N–H and O–H groups in total. The summed E-state index contributed by atoms with van der Waals surface area (Å²) in [6, 6.07) is 0. The Labute approximate surface area is 131 Å². The molecule has 12 heteroatoms. The van der Waals surface area contributed by atoms with Gasteiger partial charge in [0.05, 0.1) is 25.6 Å². The summed E-state index contributed by atoms with van der Waals surface area (Å²) < 4.78 is 17.0. The van der Waals surface area contributed by atoms with Crippen molar-refractivity contribution < 1.29 is 24.2 Å². The first-order valence-corrected chi connectivity index (χ1v) is 8.43. The summed E-state index contributed by atoms with van der Waals surface area (Å²) in [5, 5.41) is 9.91. The number of aromatic nitrogens is 4. The highest BCUT2D eigenvalue weighted by Crippen LogP contribution is 2.33. The summed E-state index contributed by atoms with van der Waals surface area (Å²) in [6.45, 7) is -0.146. The smallest absolute Gasteiger partial charge is 0.350 e. The molecule has 23 heavy (non-hydrogen) atoms. The van der Waals surface area contributed by atoms with Crippen molar-refractivity contribution in [2.24, 2.45) is 0 Å². The van der Waals surface area contributed by atoms with Gasteiger partial charge in [-0.05, 0) is 0 Å². The van der Waals surface area contributed by atoms with Gasteiger partial charge in [0.25, 0.3) is 0 Å². The fourth-order valence-electron chi connectivity index (χ4n) is 1.98. The van der Waals surface area contributed by atoms with Crippen molar-refractivity contribution in [1.29, 1.82) is 0 Å². The lowest BCUT2D eigenvalue weighted by atomic mass is 10.3. The maximum absolute atomic E-state index is 10.7. The van der Waals surface area contributed by atoms with E-state index in [0.29, 0.717) is 17.0 Å². The van der Waals surface area contributed by atoms with Crippen molar-refractivity contribution in [3.63, 3.8) is 0 Å². The molecule has 1 atom stereocenters. The van der Waals surface area contributed by atoms with Gasteiger partial charge < -0.3 is 34.8 Å². The first-order chi connectivity index (χ1) is 10.7. The third-order valence-corrected chi connectivity index (χ3v) is 3.38. The maximum atomic E-state index is 10.7. The van der Waals surface area contributed by atoms with Crippen LogP contribution in [0.15, 0.2) is 6.33 Å². The van der Waals surface area contributed by atoms with Crippen LogP contribution in [0.25, 0.3) is 11.2 Å². The van der Waals surface area contributed by atoms with Crippen LogP contribution in [0, 0.1) is 0 Å². The molecular formula is C11H19N6O5P. The van der Waals surface area contributed by atoms with Gasteiger partial charge in [-0.3, -0.25) is 4.57 Å². The van der Waals surface area contributed by atoms with Crippen LogP contribution in [0.1, 0.15) is 0 Å². The summed E-state index contributed by atoms with van der Waals surface area (Å²) in [6.07, 6.45) is -0.245. The lowest BCUT2D eigenvalue weighted by molar-refractivity contribution is 0.0413. The molecule has 0 aliphatic heterocycles. The number of ether oxygens (including phenoxy) is 1. The topological polar surface area (TPSA) is 160 Å². The van der Waals surface area contributed by atoms with Gasteiger partial charge in [-0.25, -0.2) is 4.98 Å². The molecule has 0 saturated heterocycles. The van der Waals surface area contributed by atoms with E-state index < -0.39 is 20.0 Å². The van der Waals surface area contributed by atoms with Crippen molar-refractivity contribution in [1.82, 2.24) is 19.5 Å². The van der Waals surface area contributed by atoms with Crippen LogP contribution in [-0.4, -0.2) is 67.6 Å². The number of nitrogens with two attached hydrogens (primary N) is 1. The Hall–Kier alpha value is -1.78. The molecule has 128 valence electrons. The van der Waals surface area contributed by atoms with Crippen molar-refractivity contribution in [2.75, 3.05) is 37.7 Å². The van der Waals surface area contributed by atoms with E-state index in [2.05, 4.69) is 15.0 Å². The second kappa shape index (κ2) is 6.77. The van der Waals surface area contributed by atoms with Gasteiger partial charge in [0.1, 0.15) is 6.35 Å². The number of anilines is 2. The van der Waals surface area contributed by atoms with Crippen molar-refractivity contribution in [2.45, 2.75) is 12.6 Å². The number of hydrogen-bond donors (Lipinski definition) is 4. The van der Waals surface area contributed by atoms with Gasteiger partial charge in [0, 0.05) is 14.1 Å². The van der Waals surface area contributed by atoms with E-state index in [1.807, 2.05) is 0 Å². The number of rotatable bonds is 7. The van der Waals surface area contributed by atoms with Crippen LogP contribution in [0.2, 0.25) is 0 Å². The van der Waals surface area contributed by atoms with E-state index in [4.69, 9.17) is 20.3 Å². The molecule has 0 fully saturated rings. The molecule has 0 aliphatic carbocycles. The highest BCUT2D eigenvalue weighted by Gasteiger charge is 2.17. The summed E-state index contributed by atoms with van der Waals surface area (Å²) >= 11 is 0. The Balaban J connectivity index is 2.13. The standard InChI is InChI=1S/C11H19N6O5P/c1-16(2)9-8-10(15-11(12)14-9)17(5-13-8)3-7(18)4-22-6-23(19,20)21/h5,7,18H,3-4,6H2,1-2H3,(H2,12,14,15)(H2,19,20,21). The zero-order valence-corrected chi connectivity index (χ0v) is 13.6. The number of nitrogens with zero attached hydrogens (tertiary/aromatic N) is 5. The predicted octanol–water partition coefficient (Wildman–Crippen LogP) is -1.01. The minimum atomic E-state index is -4.25. The lowest BCUT2D eigenvalue weighted by Crippen LogP contribution is -2.22. The second-order valence-corrected chi connectivity index (χ2v) is 6.77. The Morgan fingerprint density at radius 1 is 1.43 bits per heavy atom. The number of fused-ring (bicyclic) bond motifs is 1. The van der Waals surface area contributed by atoms with Crippen LogP contribution < -0.4 is 10.6 Å². The molecule has 0 spiro atoms. The third-order valence-electron chi connectivity index (χ3n) is 2.86. The Morgan fingerprint density at radius 3 is 2.74 bits per heavy atom. The molecule has 0 amide bonds. The monoisotopic (exact) mass is 346 g/mol. The highest BCUT2D eigenvalue weighted by molar-refractivity contribution is 7.51. The molecule has 11 nitrogen and oxygen atoms in total. The normalized spacial score (nSPS) is 13.4. The Morgan fingerprint density at radius 2 is 2.13 bits per heavy atom. The third kappa shape index (κ3) is 4.60. The van der Waals surface area contributed by atoms with Crippen LogP contribution in [0.4, 0.5) is 11.8 Å². The molecule has 0 radical (unpaired) electrons. The van der Waals surface area contributed by atoms with E-state index in [1.165, 1.54) is 6.33 Å². The lowest BCUT2D eigenvalue weighted by Gasteiger charge is -2.14. The molecule has 2 aromatic heterocycles. The second-order valence-electron chi connectivity index (χ2n) is 5.19. The first-order valence-electron chi connectivity index (χ1n) is 6.63. The van der Waals surface area contributed by atoms with Gasteiger partial charge >= 0.3 is 7.60 Å². The van der Waals surface area contributed by atoms with Gasteiger partial charge in [0.15, 0.2) is 17.0 Å². The van der Waals surface area contributed by atoms with E-state index in [-0.39, 0.29) is 19.1 Å². The zero-order valence-electron chi connectivity index (χ0n) is 12.7. The number of nitrogen functional groups attached to an aromatic ring is 1. The fourth-order valence-corrected chi connectivity index (χ4v) is 2.32. The molecular weight excluding hydrogens is 327 g/mol. The van der Waals surface area contributed by atoms with E-state index in [1.54, 1.807) is 23.6 Å². The minimum absolute atomic E-state index is 0.0789. The maximum Gasteiger partial charge on any atom is 0.350 e. The highest BCUT2D eigenvalue weighted by atomic mass is 31.2. The van der Waals surface area contributed by atoms with Gasteiger partial charge in [-0.15, -0.1) is 0 Å². The molecule has 0 saturated carbocycles. The minimum Gasteiger partial charge on any atom is -0.389 e. The Bertz CT molecular complexity index is 729. The first kappa shape index (κ1) is 17.6. The molecule has 0 bridgehead atoms. The van der Waals surface area contributed by atoms with Crippen LogP contribution in [-0.2, 0) is 15.8 Å². The quantitative estimate of drug-likeness (QED) is 0.457. The summed E-state index contributed by atoms with van der Waals surface area (Å²) in [4.78, 5) is 31.6. The largest absolute Gasteiger partial charge is 0.389 e. The number of hydrogen-bond acceptors (Lipinski definition) is 8. The number of aliphatic hydroxyl groups is 1. The van der Waals surface area contributed by atoms with Crippen molar-refractivity contribution in [3.05, 3.63) is 6.33 Å². The SMILES string of the molecule is CN(C)c1nc(N)nc2c1ncn2CC(O)COCP(=O)(O)O. The Kier molecular flexibility index (Phi) is 5.17. The molecule has 1 unspecified atom stereocenters. The molecule has 0 aliphatic rings. The van der Waals surface area contributed by atoms with E-state index >= 15 is 0 Å². The summed E-state index contributed by atoms with van der Waals surface area (Å²) in [5.74, 6) is 0.633. The molecule has 2 heterocycles. The molecule has 2 rings (SSSR count). The van der Waals surface area contributed by atoms with Gasteiger partial charge in [-0.2, -0.15) is 9.97 Å². The van der Waals surface area contributed by atoms with E-state index in [9.17, 15) is 9.67 Å². The average molecular weight is 346 g/mol.